The van der Waals surface area contributed by atoms with Gasteiger partial charge < -0.3 is 25.2 Å². The van der Waals surface area contributed by atoms with Crippen LogP contribution in [0.25, 0.3) is 0 Å². The second kappa shape index (κ2) is 4.56. The van der Waals surface area contributed by atoms with Crippen molar-refractivity contribution in [3.8, 4) is 0 Å². The lowest BCUT2D eigenvalue weighted by molar-refractivity contribution is -0.228. The number of ether oxygens (including phenoxy) is 1. The third-order valence-corrected chi connectivity index (χ3v) is 2.04. The molecule has 0 bridgehead atoms. The minimum atomic E-state index is -1.48. The van der Waals surface area contributed by atoms with Crippen LogP contribution in [0.15, 0.2) is 5.11 Å². The fourth-order valence-electron chi connectivity index (χ4n) is 1.23. The Morgan fingerprint density at radius 1 is 1.21 bits per heavy atom. The zero-order valence-corrected chi connectivity index (χ0v) is 7.19. The van der Waals surface area contributed by atoms with E-state index in [1.165, 1.54) is 0 Å². The molecule has 0 unspecified atom stereocenters. The Labute approximate surface area is 79.0 Å². The number of nitrogens with zero attached hydrogens (tertiary/aromatic N) is 2. The van der Waals surface area contributed by atoms with Gasteiger partial charge in [0.15, 0.2) is 5.11 Å². The Hall–Kier alpha value is -0.890. The summed E-state index contributed by atoms with van der Waals surface area (Å²) in [4.78, 5) is 2.65. The van der Waals surface area contributed by atoms with Gasteiger partial charge in [0.05, 0.1) is 6.61 Å². The summed E-state index contributed by atoms with van der Waals surface area (Å²) >= 11 is 0. The van der Waals surface area contributed by atoms with Crippen LogP contribution in [0.5, 0.6) is 0 Å². The van der Waals surface area contributed by atoms with Crippen LogP contribution in [-0.4, -0.2) is 57.7 Å². The highest BCUT2D eigenvalue weighted by Crippen LogP contribution is 2.21. The standard InChI is InChI=1S/C6H12N3O5/c7-9-8-6-5(13)4(12)3(11)2(1-10)14-6/h2-7,10-13H,1H2/q+1/t2-,3-,4+,5+,6+/m1/s1. The molecule has 1 saturated heterocycles. The van der Waals surface area contributed by atoms with E-state index in [2.05, 4.69) is 10.0 Å². The van der Waals surface area contributed by atoms with Crippen molar-refractivity contribution in [3.05, 3.63) is 0 Å². The fourth-order valence-corrected chi connectivity index (χ4v) is 1.23. The molecule has 0 amide bonds. The largest absolute Gasteiger partial charge is 0.394 e. The number of aliphatic hydroxyl groups excluding tert-OH is 4. The lowest BCUT2D eigenvalue weighted by Crippen LogP contribution is -2.57. The normalized spacial score (nSPS) is 43.0. The van der Waals surface area contributed by atoms with Crippen LogP contribution < -0.4 is 4.91 Å². The molecule has 14 heavy (non-hydrogen) atoms. The third kappa shape index (κ3) is 1.95. The van der Waals surface area contributed by atoms with Gasteiger partial charge in [0.1, 0.15) is 29.9 Å². The van der Waals surface area contributed by atoms with Gasteiger partial charge in [-0.1, -0.05) is 0 Å². The van der Waals surface area contributed by atoms with Crippen LogP contribution in [0, 0.1) is 5.53 Å². The maximum absolute atomic E-state index is 9.30. The fraction of sp³-hybridized carbons (Fsp3) is 1.00. The summed E-state index contributed by atoms with van der Waals surface area (Å²) in [7, 11) is 0. The molecule has 1 fully saturated rings. The number of rotatable bonds is 2. The van der Waals surface area contributed by atoms with Crippen molar-refractivity contribution in [1.29, 1.82) is 5.53 Å². The van der Waals surface area contributed by atoms with Gasteiger partial charge >= 0.3 is 0 Å². The van der Waals surface area contributed by atoms with Crippen molar-refractivity contribution in [2.75, 3.05) is 6.61 Å². The molecule has 1 aliphatic rings. The molecule has 0 radical (unpaired) electrons. The first kappa shape index (κ1) is 11.2. The first-order valence-electron chi connectivity index (χ1n) is 3.99. The van der Waals surface area contributed by atoms with Crippen LogP contribution in [0.1, 0.15) is 0 Å². The zero-order valence-electron chi connectivity index (χ0n) is 7.19. The monoisotopic (exact) mass is 206 g/mol. The maximum Gasteiger partial charge on any atom is 0.261 e. The summed E-state index contributed by atoms with van der Waals surface area (Å²) < 4.78 is 4.88. The first-order chi connectivity index (χ1) is 6.61. The lowest BCUT2D eigenvalue weighted by atomic mass is 9.99. The zero-order chi connectivity index (χ0) is 10.7. The molecule has 8 heteroatoms. The van der Waals surface area contributed by atoms with Gasteiger partial charge in [-0.15, -0.1) is 0 Å². The second-order valence-electron chi connectivity index (χ2n) is 2.93. The molecule has 0 aliphatic carbocycles. The summed E-state index contributed by atoms with van der Waals surface area (Å²) in [6.45, 7) is -0.519. The predicted molar refractivity (Wildman–Crippen MR) is 41.0 cm³/mol. The summed E-state index contributed by atoms with van der Waals surface area (Å²) in [5, 5.41) is 39.8. The van der Waals surface area contributed by atoms with Crippen LogP contribution in [0.2, 0.25) is 0 Å². The Morgan fingerprint density at radius 2 is 1.86 bits per heavy atom. The summed E-state index contributed by atoms with van der Waals surface area (Å²) in [6.07, 6.45) is -6.59. The molecule has 5 atom stereocenters. The minimum absolute atomic E-state index is 0.519. The van der Waals surface area contributed by atoms with E-state index in [9.17, 15) is 15.3 Å². The number of hydrogen-bond acceptors (Lipinski definition) is 7. The highest BCUT2D eigenvalue weighted by atomic mass is 16.6. The van der Waals surface area contributed by atoms with Crippen LogP contribution in [-0.2, 0) is 4.74 Å². The molecule has 80 valence electrons. The minimum Gasteiger partial charge on any atom is -0.394 e. The summed E-state index contributed by atoms with van der Waals surface area (Å²) in [6, 6.07) is 0. The average Bonchev–Trinajstić information content (AvgIpc) is 2.19. The van der Waals surface area contributed by atoms with Gasteiger partial charge in [-0.2, -0.15) is 0 Å². The first-order valence-corrected chi connectivity index (χ1v) is 3.99. The molecular weight excluding hydrogens is 194 g/mol. The molecule has 0 aromatic heterocycles. The second-order valence-corrected chi connectivity index (χ2v) is 2.93. The molecule has 0 aromatic rings. The molecule has 0 saturated carbocycles. The van der Waals surface area contributed by atoms with E-state index < -0.39 is 37.3 Å². The smallest absolute Gasteiger partial charge is 0.261 e. The van der Waals surface area contributed by atoms with Crippen molar-refractivity contribution in [3.63, 3.8) is 0 Å². The van der Waals surface area contributed by atoms with Gasteiger partial charge in [-0.05, 0) is 0 Å². The molecule has 5 N–H and O–H groups in total. The van der Waals surface area contributed by atoms with Gasteiger partial charge in [0, 0.05) is 0 Å². The maximum atomic E-state index is 9.30. The quantitative estimate of drug-likeness (QED) is 0.247. The van der Waals surface area contributed by atoms with Crippen molar-refractivity contribution in [2.24, 2.45) is 5.11 Å². The molecule has 0 spiro atoms. The van der Waals surface area contributed by atoms with E-state index in [0.717, 1.165) is 0 Å². The Kier molecular flexibility index (Phi) is 3.64. The van der Waals surface area contributed by atoms with Crippen molar-refractivity contribution < 1.29 is 25.2 Å². The molecule has 1 aliphatic heterocycles. The number of hydrogen-bond donors (Lipinski definition) is 5. The molecule has 8 nitrogen and oxygen atoms in total. The van der Waals surface area contributed by atoms with E-state index in [1.807, 2.05) is 0 Å². The number of aliphatic hydroxyl groups is 4. The molecule has 1 rings (SSSR count). The molecular formula is C6H12N3O5+. The van der Waals surface area contributed by atoms with Crippen LogP contribution in [0.4, 0.5) is 0 Å². The Morgan fingerprint density at radius 3 is 2.36 bits per heavy atom. The highest BCUT2D eigenvalue weighted by molar-refractivity contribution is 4.90. The average molecular weight is 206 g/mol. The highest BCUT2D eigenvalue weighted by Gasteiger charge is 2.45. The van der Waals surface area contributed by atoms with E-state index >= 15 is 0 Å². The Balaban J connectivity index is 2.77. The SMILES string of the molecule is N=[N+]=N[C@H]1O[C@H](CO)[C@@H](O)[C@H](O)[C@@H]1O. The van der Waals surface area contributed by atoms with Crippen molar-refractivity contribution in [1.82, 2.24) is 4.91 Å². The molecule has 1 heterocycles. The van der Waals surface area contributed by atoms with E-state index in [1.54, 1.807) is 0 Å². The summed E-state index contributed by atoms with van der Waals surface area (Å²) in [5.41, 5.74) is 6.43. The van der Waals surface area contributed by atoms with E-state index in [0.29, 0.717) is 0 Å². The molecule has 0 aromatic carbocycles. The predicted octanol–water partition coefficient (Wildman–Crippen LogP) is -2.66. The number of nitrogens with one attached hydrogen (secondary N) is 1. The van der Waals surface area contributed by atoms with Gasteiger partial charge in [-0.25, -0.2) is 0 Å². The topological polar surface area (TPSA) is 140 Å². The lowest BCUT2D eigenvalue weighted by Gasteiger charge is -2.35. The summed E-state index contributed by atoms with van der Waals surface area (Å²) in [5.74, 6) is 0. The van der Waals surface area contributed by atoms with Gasteiger partial charge in [0.25, 0.3) is 6.23 Å². The van der Waals surface area contributed by atoms with Crippen molar-refractivity contribution in [2.45, 2.75) is 30.6 Å². The van der Waals surface area contributed by atoms with Gasteiger partial charge in [0.2, 0.25) is 4.91 Å². The van der Waals surface area contributed by atoms with Crippen LogP contribution in [0.3, 0.4) is 0 Å². The van der Waals surface area contributed by atoms with Gasteiger partial charge in [-0.3, -0.25) is 0 Å². The Bertz CT molecular complexity index is 242. The van der Waals surface area contributed by atoms with Crippen LogP contribution >= 0.6 is 0 Å². The third-order valence-electron chi connectivity index (χ3n) is 2.04. The van der Waals surface area contributed by atoms with E-state index in [-0.39, 0.29) is 0 Å². The van der Waals surface area contributed by atoms with E-state index in [4.69, 9.17) is 15.4 Å². The van der Waals surface area contributed by atoms with Crippen molar-refractivity contribution >= 4 is 0 Å².